The molecule has 0 bridgehead atoms. The van der Waals surface area contributed by atoms with E-state index < -0.39 is 31.5 Å². The van der Waals surface area contributed by atoms with Crippen LogP contribution in [0.15, 0.2) is 29.2 Å². The number of hydrogen-bond acceptors (Lipinski definition) is 5. The van der Waals surface area contributed by atoms with Crippen LogP contribution in [-0.2, 0) is 24.2 Å². The van der Waals surface area contributed by atoms with Crippen molar-refractivity contribution in [2.45, 2.75) is 122 Å². The number of unbranched alkanes of at least 4 members (excludes halogenated alkanes) is 2. The van der Waals surface area contributed by atoms with Crippen LogP contribution in [0.3, 0.4) is 0 Å². The summed E-state index contributed by atoms with van der Waals surface area (Å²) in [4.78, 5) is 26.2. The van der Waals surface area contributed by atoms with Gasteiger partial charge in [-0.15, -0.1) is 0 Å². The molecule has 0 radical (unpaired) electrons. The summed E-state index contributed by atoms with van der Waals surface area (Å²) in [5, 5.41) is 9.38. The van der Waals surface area contributed by atoms with E-state index in [0.717, 1.165) is 12.0 Å². The van der Waals surface area contributed by atoms with Gasteiger partial charge < -0.3 is 9.84 Å². The Kier molecular flexibility index (Phi) is 11.8. The maximum absolute atomic E-state index is 13.8. The number of carboxylic acids is 1. The molecule has 2 atom stereocenters. The predicted molar refractivity (Wildman–Crippen MR) is 146 cm³/mol. The summed E-state index contributed by atoms with van der Waals surface area (Å²) in [6.45, 7) is 20.6. The Labute approximate surface area is 223 Å². The molecule has 0 aliphatic carbocycles. The van der Waals surface area contributed by atoms with E-state index in [1.165, 1.54) is 0 Å². The quantitative estimate of drug-likeness (QED) is 0.139. The maximum Gasteiger partial charge on any atom is 0.333 e. The highest BCUT2D eigenvalue weighted by Crippen LogP contribution is 2.39. The lowest BCUT2D eigenvalue weighted by Crippen LogP contribution is -2.36. The molecule has 1 aromatic carbocycles. The summed E-state index contributed by atoms with van der Waals surface area (Å²) in [6, 6.07) is 6.54. The summed E-state index contributed by atoms with van der Waals surface area (Å²) >= 11 is 0. The number of carboxylic acid groups (broad SMARTS) is 1. The van der Waals surface area contributed by atoms with Gasteiger partial charge in [-0.3, -0.25) is 14.4 Å². The highest BCUT2D eigenvalue weighted by Gasteiger charge is 2.50. The number of sulfone groups is 1. The van der Waals surface area contributed by atoms with Crippen LogP contribution in [-0.4, -0.2) is 36.4 Å². The zero-order chi connectivity index (χ0) is 28.5. The van der Waals surface area contributed by atoms with Crippen molar-refractivity contribution in [3.63, 3.8) is 0 Å². The smallest absolute Gasteiger partial charge is 0.333 e. The van der Waals surface area contributed by atoms with Crippen LogP contribution in [0.25, 0.3) is 4.85 Å². The van der Waals surface area contributed by atoms with Crippen molar-refractivity contribution in [1.29, 1.82) is 0 Å². The molecule has 1 N–H and O–H groups in total. The van der Waals surface area contributed by atoms with Gasteiger partial charge in [-0.05, 0) is 85.8 Å². The van der Waals surface area contributed by atoms with Crippen molar-refractivity contribution in [3.8, 4) is 0 Å². The van der Waals surface area contributed by atoms with E-state index in [1.54, 1.807) is 38.1 Å². The molecule has 2 unspecified atom stereocenters. The van der Waals surface area contributed by atoms with E-state index in [-0.39, 0.29) is 29.8 Å². The van der Waals surface area contributed by atoms with Gasteiger partial charge in [0, 0.05) is 12.8 Å². The monoisotopic (exact) mass is 535 g/mol. The largest absolute Gasteiger partial charge is 0.481 e. The molecule has 0 aromatic heterocycles. The highest BCUT2D eigenvalue weighted by atomic mass is 32.2. The van der Waals surface area contributed by atoms with Crippen LogP contribution in [0.2, 0.25) is 0 Å². The zero-order valence-corrected chi connectivity index (χ0v) is 24.4. The van der Waals surface area contributed by atoms with Gasteiger partial charge >= 0.3 is 16.8 Å². The fourth-order valence-electron chi connectivity index (χ4n) is 4.07. The normalized spacial score (nSPS) is 14.9. The van der Waals surface area contributed by atoms with Crippen molar-refractivity contribution < 1.29 is 27.9 Å². The maximum atomic E-state index is 13.8. The Balaban J connectivity index is 3.06. The van der Waals surface area contributed by atoms with Crippen LogP contribution >= 0.6 is 0 Å². The third kappa shape index (κ3) is 8.84. The van der Waals surface area contributed by atoms with Gasteiger partial charge in [0.05, 0.1) is 21.8 Å². The number of carbonyl (C=O) groups is 2. The van der Waals surface area contributed by atoms with Crippen LogP contribution in [0, 0.1) is 24.3 Å². The fraction of sp³-hybridized carbons (Fsp3) is 0.690. The van der Waals surface area contributed by atoms with Crippen LogP contribution in [0.4, 0.5) is 0 Å². The molecular weight excluding hydrogens is 490 g/mol. The summed E-state index contributed by atoms with van der Waals surface area (Å²) in [7, 11) is -3.98. The average Bonchev–Trinajstić information content (AvgIpc) is 2.82. The highest BCUT2D eigenvalue weighted by molar-refractivity contribution is 7.93. The standard InChI is InChI=1S/C29H45NO6S/c1-9-23(3)36-26(33)28(6,7)19-11-13-21-29(30-8,20-12-10-18-27(4,5)25(31)32)37(34,35)24-16-14-22(2)15-17-24/h14-17,23H,9-13,18-21H2,1-7H3,(H,31,32). The number of aryl methyl sites for hydroxylation is 1. The average molecular weight is 536 g/mol. The second-order valence-corrected chi connectivity index (χ2v) is 13.7. The Bertz CT molecular complexity index is 1050. The minimum atomic E-state index is -3.98. The topological polar surface area (TPSA) is 102 Å². The SMILES string of the molecule is [C-]#[N+]C(CCCCC(C)(C)C(=O)O)(CCCCC(C)(C)C(=O)OC(C)CC)S(=O)(=O)c1ccc(C)cc1. The van der Waals surface area contributed by atoms with Crippen molar-refractivity contribution in [1.82, 2.24) is 0 Å². The Morgan fingerprint density at radius 1 is 0.946 bits per heavy atom. The summed E-state index contributed by atoms with van der Waals surface area (Å²) in [5.41, 5.74) is -0.691. The number of hydrogen-bond donors (Lipinski definition) is 1. The second kappa shape index (κ2) is 13.4. The molecule has 0 fully saturated rings. The molecule has 0 aliphatic rings. The van der Waals surface area contributed by atoms with E-state index >= 15 is 0 Å². The number of esters is 1. The van der Waals surface area contributed by atoms with Crippen LogP contribution in [0.5, 0.6) is 0 Å². The lowest BCUT2D eigenvalue weighted by Gasteiger charge is -2.26. The minimum Gasteiger partial charge on any atom is -0.481 e. The van der Waals surface area contributed by atoms with Gasteiger partial charge in [0.25, 0.3) is 9.84 Å². The third-order valence-electron chi connectivity index (χ3n) is 7.29. The van der Waals surface area contributed by atoms with Crippen molar-refractivity contribution >= 4 is 21.8 Å². The number of nitrogens with zero attached hydrogens (tertiary/aromatic N) is 1. The molecule has 0 amide bonds. The second-order valence-electron chi connectivity index (χ2n) is 11.5. The first-order valence-electron chi connectivity index (χ1n) is 13.2. The first-order chi connectivity index (χ1) is 17.0. The Morgan fingerprint density at radius 2 is 1.41 bits per heavy atom. The zero-order valence-electron chi connectivity index (χ0n) is 23.6. The molecular formula is C29H45NO6S. The Hall–Kier alpha value is -2.40. The van der Waals surface area contributed by atoms with Gasteiger partial charge in [-0.25, -0.2) is 15.0 Å². The lowest BCUT2D eigenvalue weighted by molar-refractivity contribution is -0.159. The molecule has 0 spiro atoms. The molecule has 37 heavy (non-hydrogen) atoms. The molecule has 0 saturated carbocycles. The first kappa shape index (κ1) is 32.6. The van der Waals surface area contributed by atoms with Crippen molar-refractivity contribution in [2.75, 3.05) is 0 Å². The molecule has 0 aliphatic heterocycles. The molecule has 0 heterocycles. The van der Waals surface area contributed by atoms with E-state index in [2.05, 4.69) is 4.85 Å². The van der Waals surface area contributed by atoms with Gasteiger partial charge in [-0.1, -0.05) is 37.5 Å². The van der Waals surface area contributed by atoms with E-state index in [0.29, 0.717) is 38.5 Å². The molecule has 7 nitrogen and oxygen atoms in total. The third-order valence-corrected chi connectivity index (χ3v) is 9.68. The van der Waals surface area contributed by atoms with E-state index in [9.17, 15) is 23.1 Å². The number of rotatable bonds is 16. The summed E-state index contributed by atoms with van der Waals surface area (Å²) in [6.07, 6.45) is 3.74. The van der Waals surface area contributed by atoms with Crippen LogP contribution in [0.1, 0.15) is 105 Å². The van der Waals surface area contributed by atoms with Crippen molar-refractivity contribution in [3.05, 3.63) is 41.2 Å². The van der Waals surface area contributed by atoms with Gasteiger partial charge in [0.1, 0.15) is 0 Å². The molecule has 208 valence electrons. The van der Waals surface area contributed by atoms with Gasteiger partial charge in [0.15, 0.2) is 0 Å². The van der Waals surface area contributed by atoms with Crippen molar-refractivity contribution in [2.24, 2.45) is 10.8 Å². The van der Waals surface area contributed by atoms with E-state index in [1.807, 2.05) is 34.6 Å². The number of carbonyl (C=O) groups excluding carboxylic acids is 1. The summed E-state index contributed by atoms with van der Waals surface area (Å²) < 4.78 is 33.0. The molecule has 8 heteroatoms. The predicted octanol–water partition coefficient (Wildman–Crippen LogP) is 6.98. The van der Waals surface area contributed by atoms with Gasteiger partial charge in [0.2, 0.25) is 0 Å². The lowest BCUT2D eigenvalue weighted by atomic mass is 9.85. The van der Waals surface area contributed by atoms with E-state index in [4.69, 9.17) is 11.3 Å². The molecule has 1 rings (SSSR count). The van der Waals surface area contributed by atoms with Crippen LogP contribution < -0.4 is 0 Å². The number of benzene rings is 1. The minimum absolute atomic E-state index is 0.123. The van der Waals surface area contributed by atoms with Gasteiger partial charge in [-0.2, -0.15) is 0 Å². The fourth-order valence-corrected chi connectivity index (χ4v) is 5.95. The summed E-state index contributed by atoms with van der Waals surface area (Å²) in [5.74, 6) is -1.17. The first-order valence-corrected chi connectivity index (χ1v) is 14.7. The molecule has 1 aromatic rings. The Morgan fingerprint density at radius 3 is 1.84 bits per heavy atom. The number of aliphatic carboxylic acids is 1. The number of ether oxygens (including phenoxy) is 1. The molecule has 0 saturated heterocycles.